The van der Waals surface area contributed by atoms with Crippen LogP contribution in [-0.4, -0.2) is 26.3 Å². The molecule has 2 aromatic carbocycles. The van der Waals surface area contributed by atoms with Gasteiger partial charge in [0.1, 0.15) is 0 Å². The Bertz CT molecular complexity index is 975. The Morgan fingerprint density at radius 3 is 2.50 bits per heavy atom. The van der Waals surface area contributed by atoms with Crippen LogP contribution in [0.3, 0.4) is 0 Å². The number of nitrogen functional groups attached to an aromatic ring is 1. The Labute approximate surface area is 154 Å². The van der Waals surface area contributed by atoms with Crippen LogP contribution in [0, 0.1) is 0 Å². The topological polar surface area (TPSA) is 114 Å². The Hall–Kier alpha value is -3.13. The first-order valence-corrected chi connectivity index (χ1v) is 8.77. The highest BCUT2D eigenvalue weighted by Crippen LogP contribution is 2.22. The molecule has 26 heavy (non-hydrogen) atoms. The molecular formula is C18H17N5O2S. The van der Waals surface area contributed by atoms with Crippen molar-refractivity contribution >= 4 is 29.0 Å². The molecule has 0 unspecified atom stereocenters. The lowest BCUT2D eigenvalue weighted by molar-refractivity contribution is -0.115. The van der Waals surface area contributed by atoms with E-state index in [-0.39, 0.29) is 16.8 Å². The summed E-state index contributed by atoms with van der Waals surface area (Å²) in [6.45, 7) is 1.73. The highest BCUT2D eigenvalue weighted by Gasteiger charge is 2.17. The van der Waals surface area contributed by atoms with Gasteiger partial charge in [0.15, 0.2) is 10.9 Å². The molecule has 132 valence electrons. The van der Waals surface area contributed by atoms with E-state index in [0.29, 0.717) is 16.9 Å². The van der Waals surface area contributed by atoms with Crippen molar-refractivity contribution in [1.82, 2.24) is 15.2 Å². The molecule has 0 aliphatic heterocycles. The number of carbonyl (C=O) groups excluding carboxylic acids is 1. The van der Waals surface area contributed by atoms with E-state index in [0.717, 1.165) is 11.8 Å². The van der Waals surface area contributed by atoms with E-state index < -0.39 is 10.8 Å². The lowest BCUT2D eigenvalue weighted by atomic mass is 10.1. The van der Waals surface area contributed by atoms with Gasteiger partial charge in [-0.25, -0.2) is 0 Å². The summed E-state index contributed by atoms with van der Waals surface area (Å²) in [5, 5.41) is 10.6. The molecule has 4 N–H and O–H groups in total. The number of carbonyl (C=O) groups is 1. The first-order valence-electron chi connectivity index (χ1n) is 7.89. The number of benzene rings is 2. The zero-order valence-electron chi connectivity index (χ0n) is 14.0. The number of nitrogens with one attached hydrogen (secondary N) is 2. The first-order chi connectivity index (χ1) is 12.5. The summed E-state index contributed by atoms with van der Waals surface area (Å²) in [6.07, 6.45) is 0. The van der Waals surface area contributed by atoms with Crippen molar-refractivity contribution in [2.75, 3.05) is 11.1 Å². The van der Waals surface area contributed by atoms with Crippen molar-refractivity contribution in [2.45, 2.75) is 17.3 Å². The number of hydrogen-bond donors (Lipinski definition) is 3. The summed E-state index contributed by atoms with van der Waals surface area (Å²) in [4.78, 5) is 27.2. The van der Waals surface area contributed by atoms with Crippen molar-refractivity contribution < 1.29 is 4.79 Å². The second-order valence-electron chi connectivity index (χ2n) is 5.51. The van der Waals surface area contributed by atoms with Gasteiger partial charge < -0.3 is 11.1 Å². The normalized spacial score (nSPS) is 11.7. The smallest absolute Gasteiger partial charge is 0.278 e. The van der Waals surface area contributed by atoms with Crippen LogP contribution in [0.15, 0.2) is 64.5 Å². The van der Waals surface area contributed by atoms with Crippen LogP contribution in [0.25, 0.3) is 11.3 Å². The van der Waals surface area contributed by atoms with Gasteiger partial charge in [0, 0.05) is 16.9 Å². The minimum atomic E-state index is -0.465. The van der Waals surface area contributed by atoms with Crippen LogP contribution >= 0.6 is 11.8 Å². The average Bonchev–Trinajstić information content (AvgIpc) is 2.63. The number of H-pyrrole nitrogens is 1. The van der Waals surface area contributed by atoms with Crippen molar-refractivity contribution in [3.8, 4) is 11.3 Å². The molecule has 0 radical (unpaired) electrons. The molecule has 7 nitrogen and oxygen atoms in total. The van der Waals surface area contributed by atoms with Crippen molar-refractivity contribution in [3.05, 3.63) is 65.0 Å². The third kappa shape index (κ3) is 4.09. The summed E-state index contributed by atoms with van der Waals surface area (Å²) in [5.74, 6) is -0.194. The molecule has 3 aromatic rings. The third-order valence-corrected chi connectivity index (χ3v) is 4.57. The second kappa shape index (κ2) is 7.83. The highest BCUT2D eigenvalue weighted by molar-refractivity contribution is 8.00. The number of hydrogen-bond acceptors (Lipinski definition) is 6. The molecule has 0 saturated carbocycles. The van der Waals surface area contributed by atoms with E-state index in [1.807, 2.05) is 18.2 Å². The molecule has 0 saturated heterocycles. The number of amides is 1. The van der Waals surface area contributed by atoms with Crippen molar-refractivity contribution in [1.29, 1.82) is 0 Å². The van der Waals surface area contributed by atoms with Gasteiger partial charge in [0.2, 0.25) is 5.91 Å². The van der Waals surface area contributed by atoms with Gasteiger partial charge in [-0.05, 0) is 25.1 Å². The van der Waals surface area contributed by atoms with E-state index >= 15 is 0 Å². The van der Waals surface area contributed by atoms with Gasteiger partial charge in [0.05, 0.1) is 5.25 Å². The number of nitrogens with two attached hydrogens (primary N) is 1. The number of nitrogens with zero attached hydrogens (tertiary/aromatic N) is 2. The van der Waals surface area contributed by atoms with Crippen LogP contribution in [-0.2, 0) is 4.79 Å². The number of rotatable bonds is 5. The van der Waals surface area contributed by atoms with Gasteiger partial charge in [-0.3, -0.25) is 14.6 Å². The molecule has 1 amide bonds. The summed E-state index contributed by atoms with van der Waals surface area (Å²) in [7, 11) is 0. The molecular weight excluding hydrogens is 350 g/mol. The van der Waals surface area contributed by atoms with E-state index in [2.05, 4.69) is 20.5 Å². The van der Waals surface area contributed by atoms with Crippen LogP contribution in [0.2, 0.25) is 0 Å². The summed E-state index contributed by atoms with van der Waals surface area (Å²) in [6, 6.07) is 16.1. The Kier molecular flexibility index (Phi) is 5.33. The fourth-order valence-electron chi connectivity index (χ4n) is 2.25. The van der Waals surface area contributed by atoms with Crippen LogP contribution in [0.5, 0.6) is 0 Å². The van der Waals surface area contributed by atoms with Crippen molar-refractivity contribution in [3.63, 3.8) is 0 Å². The van der Waals surface area contributed by atoms with Crippen LogP contribution in [0.1, 0.15) is 6.92 Å². The second-order valence-corrected chi connectivity index (χ2v) is 6.84. The molecule has 3 rings (SSSR count). The molecule has 1 aromatic heterocycles. The summed E-state index contributed by atoms with van der Waals surface area (Å²) < 4.78 is 0. The van der Waals surface area contributed by atoms with Gasteiger partial charge >= 0.3 is 0 Å². The summed E-state index contributed by atoms with van der Waals surface area (Å²) >= 11 is 1.12. The fourth-order valence-corrected chi connectivity index (χ4v) is 2.99. The quantitative estimate of drug-likeness (QED) is 0.472. The van der Waals surface area contributed by atoms with Crippen molar-refractivity contribution in [2.24, 2.45) is 0 Å². The average molecular weight is 367 g/mol. The van der Waals surface area contributed by atoms with Crippen LogP contribution < -0.4 is 16.6 Å². The van der Waals surface area contributed by atoms with Gasteiger partial charge in [0.25, 0.3) is 5.56 Å². The Morgan fingerprint density at radius 2 is 1.81 bits per heavy atom. The lowest BCUT2D eigenvalue weighted by Crippen LogP contribution is -2.23. The highest BCUT2D eigenvalue weighted by atomic mass is 32.2. The number of anilines is 2. The predicted octanol–water partition coefficient (Wildman–Crippen LogP) is 2.53. The van der Waals surface area contributed by atoms with E-state index in [4.69, 9.17) is 5.73 Å². The fraction of sp³-hybridized carbons (Fsp3) is 0.111. The maximum absolute atomic E-state index is 12.3. The summed E-state index contributed by atoms with van der Waals surface area (Å²) in [5.41, 5.74) is 7.29. The molecule has 1 atom stereocenters. The Balaban J connectivity index is 1.72. The largest absolute Gasteiger partial charge is 0.398 e. The predicted molar refractivity (Wildman–Crippen MR) is 103 cm³/mol. The van der Waals surface area contributed by atoms with E-state index in [1.165, 1.54) is 0 Å². The first kappa shape index (κ1) is 17.7. The number of para-hydroxylation sites is 2. The molecule has 0 spiro atoms. The maximum atomic E-state index is 12.3. The number of aromatic amines is 1. The molecule has 0 aliphatic rings. The monoisotopic (exact) mass is 367 g/mol. The van der Waals surface area contributed by atoms with Gasteiger partial charge in [-0.15, -0.1) is 10.2 Å². The third-order valence-electron chi connectivity index (χ3n) is 3.59. The maximum Gasteiger partial charge on any atom is 0.278 e. The van der Waals surface area contributed by atoms with E-state index in [9.17, 15) is 9.59 Å². The van der Waals surface area contributed by atoms with Crippen LogP contribution in [0.4, 0.5) is 11.4 Å². The minimum Gasteiger partial charge on any atom is -0.398 e. The molecule has 0 fully saturated rings. The molecule has 0 bridgehead atoms. The Morgan fingerprint density at radius 1 is 1.12 bits per heavy atom. The molecule has 0 aliphatic carbocycles. The zero-order chi connectivity index (χ0) is 18.5. The minimum absolute atomic E-state index is 0.147. The van der Waals surface area contributed by atoms with E-state index in [1.54, 1.807) is 43.3 Å². The zero-order valence-corrected chi connectivity index (χ0v) is 14.8. The SMILES string of the molecule is C[C@H](Sc1nnc(-c2ccccc2N)c(=O)[nH]1)C(=O)Nc1ccccc1. The van der Waals surface area contributed by atoms with Gasteiger partial charge in [-0.1, -0.05) is 48.2 Å². The standard InChI is InChI=1S/C18H17N5O2S/c1-11(16(24)20-12-7-3-2-4-8-12)26-18-21-17(25)15(22-23-18)13-9-5-6-10-14(13)19/h2-11H,19H2,1H3,(H,20,24)(H,21,23,25)/t11-/m0/s1. The van der Waals surface area contributed by atoms with Gasteiger partial charge in [-0.2, -0.15) is 0 Å². The number of thioether (sulfide) groups is 1. The molecule has 1 heterocycles. The number of aromatic nitrogens is 3. The lowest BCUT2D eigenvalue weighted by Gasteiger charge is -2.11. The molecule has 8 heteroatoms.